The van der Waals surface area contributed by atoms with Gasteiger partial charge in [0, 0.05) is 24.1 Å². The lowest BCUT2D eigenvalue weighted by molar-refractivity contribution is 0.144. The molecule has 7 nitrogen and oxygen atoms in total. The third-order valence-corrected chi connectivity index (χ3v) is 7.28. The highest BCUT2D eigenvalue weighted by atomic mass is 16.7. The van der Waals surface area contributed by atoms with Crippen LogP contribution in [0.3, 0.4) is 0 Å². The largest absolute Gasteiger partial charge is 0.511 e. The van der Waals surface area contributed by atoms with Gasteiger partial charge < -0.3 is 19.4 Å². The van der Waals surface area contributed by atoms with Gasteiger partial charge in [0.2, 0.25) is 0 Å². The molecule has 6 rings (SSSR count). The van der Waals surface area contributed by atoms with E-state index in [1.165, 1.54) is 0 Å². The van der Waals surface area contributed by atoms with Gasteiger partial charge in [0.25, 0.3) is 0 Å². The first-order valence-electron chi connectivity index (χ1n) is 13.5. The number of carboxylic acid groups (broad SMARTS) is 1. The lowest BCUT2D eigenvalue weighted by atomic mass is 10.0. The minimum atomic E-state index is -1.33. The van der Waals surface area contributed by atoms with Crippen LogP contribution in [0.1, 0.15) is 35.9 Å². The molecule has 6 aromatic rings. The van der Waals surface area contributed by atoms with Gasteiger partial charge >= 0.3 is 6.16 Å². The molecule has 0 saturated carbocycles. The summed E-state index contributed by atoms with van der Waals surface area (Å²) < 4.78 is 7.29. The SMILES string of the molecule is CCCc1nc2c(C)cc(-c3nc4c(C)cccc4[nH]3)cc2n1Cc1ccc(-c2ccccc2OC(=O)O)cc1. The van der Waals surface area contributed by atoms with E-state index < -0.39 is 6.16 Å². The molecule has 0 aliphatic rings. The number of nitrogens with zero attached hydrogens (tertiary/aromatic N) is 3. The number of fused-ring (bicyclic) bond motifs is 2. The van der Waals surface area contributed by atoms with Crippen molar-refractivity contribution in [3.05, 3.63) is 101 Å². The van der Waals surface area contributed by atoms with Gasteiger partial charge in [-0.3, -0.25) is 0 Å². The molecule has 2 N–H and O–H groups in total. The Labute approximate surface area is 232 Å². The summed E-state index contributed by atoms with van der Waals surface area (Å²) in [6, 6.07) is 25.9. The molecule has 0 amide bonds. The second kappa shape index (κ2) is 10.3. The number of rotatable bonds is 7. The van der Waals surface area contributed by atoms with Gasteiger partial charge in [-0.2, -0.15) is 0 Å². The van der Waals surface area contributed by atoms with Crippen LogP contribution in [-0.4, -0.2) is 30.8 Å². The minimum Gasteiger partial charge on any atom is -0.449 e. The van der Waals surface area contributed by atoms with Crippen molar-refractivity contribution >= 4 is 28.2 Å². The van der Waals surface area contributed by atoms with Crippen LogP contribution in [0.2, 0.25) is 0 Å². The fourth-order valence-corrected chi connectivity index (χ4v) is 5.34. The maximum atomic E-state index is 11.1. The molecule has 0 bridgehead atoms. The zero-order valence-corrected chi connectivity index (χ0v) is 22.7. The lowest BCUT2D eigenvalue weighted by Gasteiger charge is -2.12. The highest BCUT2D eigenvalue weighted by molar-refractivity contribution is 5.87. The third-order valence-electron chi connectivity index (χ3n) is 7.28. The number of aromatic amines is 1. The molecule has 4 aromatic carbocycles. The van der Waals surface area contributed by atoms with Crippen molar-refractivity contribution in [2.24, 2.45) is 0 Å². The van der Waals surface area contributed by atoms with Crippen LogP contribution in [0.15, 0.2) is 78.9 Å². The summed E-state index contributed by atoms with van der Waals surface area (Å²) in [7, 11) is 0. The average Bonchev–Trinajstić information content (AvgIpc) is 3.53. The van der Waals surface area contributed by atoms with E-state index in [0.717, 1.165) is 79.9 Å². The standard InChI is InChI=1S/C33H30N4O3/c1-4-8-29-35-31-21(3)17-24(32-34-26-11-7-9-20(2)30(26)36-32)18-27(31)37(29)19-22-13-15-23(16-14-22)25-10-5-6-12-28(25)40-33(38)39/h5-7,9-18H,4,8,19H2,1-3H3,(H,34,36)(H,38,39). The van der Waals surface area contributed by atoms with Crippen LogP contribution in [0.4, 0.5) is 4.79 Å². The summed E-state index contributed by atoms with van der Waals surface area (Å²) in [5.41, 5.74) is 10.2. The van der Waals surface area contributed by atoms with Crippen LogP contribution in [0.25, 0.3) is 44.6 Å². The van der Waals surface area contributed by atoms with Gasteiger partial charge in [0.15, 0.2) is 0 Å². The summed E-state index contributed by atoms with van der Waals surface area (Å²) in [6.07, 6.45) is 0.551. The lowest BCUT2D eigenvalue weighted by Crippen LogP contribution is -2.05. The molecule has 2 heterocycles. The normalized spacial score (nSPS) is 11.4. The number of carbonyl (C=O) groups is 1. The van der Waals surface area contributed by atoms with Crippen molar-refractivity contribution in [2.45, 2.75) is 40.2 Å². The van der Waals surface area contributed by atoms with E-state index in [9.17, 15) is 4.79 Å². The van der Waals surface area contributed by atoms with Crippen molar-refractivity contribution < 1.29 is 14.6 Å². The molecule has 2 aromatic heterocycles. The van der Waals surface area contributed by atoms with Crippen molar-refractivity contribution in [3.63, 3.8) is 0 Å². The molecule has 200 valence electrons. The molecule has 0 atom stereocenters. The van der Waals surface area contributed by atoms with E-state index in [2.05, 4.69) is 66.7 Å². The first-order valence-corrected chi connectivity index (χ1v) is 13.5. The molecule has 0 radical (unpaired) electrons. The first kappa shape index (κ1) is 25.4. The van der Waals surface area contributed by atoms with Gasteiger partial charge in [0.1, 0.15) is 17.4 Å². The Bertz CT molecular complexity index is 1870. The average molecular weight is 531 g/mol. The van der Waals surface area contributed by atoms with E-state index >= 15 is 0 Å². The van der Waals surface area contributed by atoms with Crippen LogP contribution < -0.4 is 4.74 Å². The zero-order chi connectivity index (χ0) is 27.8. The Morgan fingerprint density at radius 2 is 1.70 bits per heavy atom. The van der Waals surface area contributed by atoms with Crippen LogP contribution in [0.5, 0.6) is 5.75 Å². The maximum absolute atomic E-state index is 11.1. The van der Waals surface area contributed by atoms with Crippen LogP contribution >= 0.6 is 0 Å². The van der Waals surface area contributed by atoms with E-state index in [4.69, 9.17) is 19.8 Å². The first-order chi connectivity index (χ1) is 19.4. The highest BCUT2D eigenvalue weighted by Gasteiger charge is 2.17. The number of aryl methyl sites for hydroxylation is 3. The summed E-state index contributed by atoms with van der Waals surface area (Å²) in [5, 5.41) is 9.11. The van der Waals surface area contributed by atoms with Gasteiger partial charge in [-0.1, -0.05) is 61.5 Å². The number of benzene rings is 4. The molecule has 0 spiro atoms. The summed E-state index contributed by atoms with van der Waals surface area (Å²) in [6.45, 7) is 7.03. The van der Waals surface area contributed by atoms with Gasteiger partial charge in [-0.25, -0.2) is 14.8 Å². The van der Waals surface area contributed by atoms with E-state index in [1.807, 2.05) is 30.3 Å². The fourth-order valence-electron chi connectivity index (χ4n) is 5.34. The van der Waals surface area contributed by atoms with Crippen LogP contribution in [0, 0.1) is 13.8 Å². The van der Waals surface area contributed by atoms with E-state index in [1.54, 1.807) is 12.1 Å². The Morgan fingerprint density at radius 1 is 0.900 bits per heavy atom. The number of hydrogen-bond acceptors (Lipinski definition) is 4. The minimum absolute atomic E-state index is 0.317. The Balaban J connectivity index is 1.39. The Kier molecular flexibility index (Phi) is 6.56. The number of hydrogen-bond donors (Lipinski definition) is 2. The quantitative estimate of drug-likeness (QED) is 0.162. The molecular weight excluding hydrogens is 500 g/mol. The van der Waals surface area contributed by atoms with Gasteiger partial charge in [-0.15, -0.1) is 0 Å². The molecule has 0 aliphatic heterocycles. The highest BCUT2D eigenvalue weighted by Crippen LogP contribution is 2.32. The molecule has 0 saturated heterocycles. The molecule has 0 fully saturated rings. The summed E-state index contributed by atoms with van der Waals surface area (Å²) in [5.74, 6) is 2.23. The predicted octanol–water partition coefficient (Wildman–Crippen LogP) is 7.92. The van der Waals surface area contributed by atoms with Crippen molar-refractivity contribution in [1.82, 2.24) is 19.5 Å². The second-order valence-electron chi connectivity index (χ2n) is 10.1. The van der Waals surface area contributed by atoms with E-state index in [-0.39, 0.29) is 0 Å². The van der Waals surface area contributed by atoms with Gasteiger partial charge in [-0.05, 0) is 66.8 Å². The molecule has 0 unspecified atom stereocenters. The Morgan fingerprint density at radius 3 is 2.45 bits per heavy atom. The van der Waals surface area contributed by atoms with Gasteiger partial charge in [0.05, 0.1) is 22.1 Å². The third kappa shape index (κ3) is 4.71. The maximum Gasteiger partial charge on any atom is 0.511 e. The zero-order valence-electron chi connectivity index (χ0n) is 22.7. The summed E-state index contributed by atoms with van der Waals surface area (Å²) in [4.78, 5) is 24.6. The Hall–Kier alpha value is -4.91. The van der Waals surface area contributed by atoms with Crippen molar-refractivity contribution in [2.75, 3.05) is 0 Å². The monoisotopic (exact) mass is 530 g/mol. The molecule has 40 heavy (non-hydrogen) atoms. The van der Waals surface area contributed by atoms with E-state index in [0.29, 0.717) is 12.3 Å². The molecule has 7 heteroatoms. The number of para-hydroxylation sites is 2. The topological polar surface area (TPSA) is 93.0 Å². The summed E-state index contributed by atoms with van der Waals surface area (Å²) >= 11 is 0. The fraction of sp³-hybridized carbons (Fsp3) is 0.182. The number of H-pyrrole nitrogens is 1. The number of aromatic nitrogens is 4. The van der Waals surface area contributed by atoms with Crippen molar-refractivity contribution in [3.8, 4) is 28.3 Å². The number of ether oxygens (including phenoxy) is 1. The predicted molar refractivity (Wildman–Crippen MR) is 158 cm³/mol. The molecule has 0 aliphatic carbocycles. The van der Waals surface area contributed by atoms with Crippen molar-refractivity contribution in [1.29, 1.82) is 0 Å². The smallest absolute Gasteiger partial charge is 0.449 e. The number of imidazole rings is 2. The number of nitrogens with one attached hydrogen (secondary N) is 1. The van der Waals surface area contributed by atoms with Crippen LogP contribution in [-0.2, 0) is 13.0 Å². The molecular formula is C33H30N4O3. The second-order valence-corrected chi connectivity index (χ2v) is 10.1.